The highest BCUT2D eigenvalue weighted by molar-refractivity contribution is 5.70. The molecule has 0 aromatic rings. The summed E-state index contributed by atoms with van der Waals surface area (Å²) in [5, 5.41) is 72.4. The molecule has 2 rings (SSSR count). The molecule has 0 amide bonds. The predicted octanol–water partition coefficient (Wildman–Crippen LogP) is 11.9. The van der Waals surface area contributed by atoms with Gasteiger partial charge in [0.15, 0.2) is 18.7 Å². The average molecular weight is 1100 g/mol. The smallest absolute Gasteiger partial charge is 0.306 e. The topological polar surface area (TPSA) is 231 Å². The Kier molecular flexibility index (Phi) is 45.7. The fourth-order valence-electron chi connectivity index (χ4n) is 10.6. The largest absolute Gasteiger partial charge is 0.462 e. The van der Waals surface area contributed by atoms with Crippen molar-refractivity contribution < 1.29 is 73.8 Å². The minimum absolute atomic E-state index is 0.174. The molecule has 2 heterocycles. The third kappa shape index (κ3) is 35.9. The van der Waals surface area contributed by atoms with Gasteiger partial charge in [-0.05, 0) is 12.8 Å². The van der Waals surface area contributed by atoms with Gasteiger partial charge in [0.05, 0.1) is 19.8 Å². The maximum atomic E-state index is 13.1. The van der Waals surface area contributed by atoms with E-state index in [1.165, 1.54) is 212 Å². The molecule has 11 atom stereocenters. The van der Waals surface area contributed by atoms with Crippen molar-refractivity contribution in [3.63, 3.8) is 0 Å². The first-order chi connectivity index (χ1) is 37.5. The molecule has 0 saturated carbocycles. The van der Waals surface area contributed by atoms with Crippen LogP contribution in [0.5, 0.6) is 0 Å². The van der Waals surface area contributed by atoms with Crippen LogP contribution in [0.3, 0.4) is 0 Å². The normalized spacial score (nSPS) is 24.1. The highest BCUT2D eigenvalue weighted by Crippen LogP contribution is 2.27. The molecule has 0 aliphatic carbocycles. The first kappa shape index (κ1) is 71.6. The molecule has 0 radical (unpaired) electrons. The first-order valence-corrected chi connectivity index (χ1v) is 32.1. The molecule has 2 aliphatic rings. The second-order valence-electron chi connectivity index (χ2n) is 23.0. The molecule has 0 aromatic carbocycles. The zero-order chi connectivity index (χ0) is 56.0. The second kappa shape index (κ2) is 49.1. The number of ether oxygens (including phenoxy) is 6. The van der Waals surface area contributed by atoms with Gasteiger partial charge in [0, 0.05) is 12.8 Å². The molecular weight excluding hydrogens is 985 g/mol. The standard InChI is InChI=1S/C62H118O15/c1-3-5-7-9-11-13-15-17-19-21-23-24-25-26-27-29-30-32-34-36-38-40-42-44-53(64)72-47-50(75-54(65)45-43-41-39-37-35-33-31-28-22-20-18-16-14-12-10-8-6-4-2)48-73-61-60(71)58(69)56(67)52(77-61)49-74-62-59(70)57(68)55(66)51(46-63)76-62/h50-52,55-63,66-71H,3-49H2,1-2H3/t50-,51+,52+,55-,56-,57?,58?,59?,60?,61+,62+/m0/s1. The van der Waals surface area contributed by atoms with Gasteiger partial charge in [-0.2, -0.15) is 0 Å². The summed E-state index contributed by atoms with van der Waals surface area (Å²) in [5.41, 5.74) is 0. The second-order valence-corrected chi connectivity index (χ2v) is 23.0. The molecule has 2 saturated heterocycles. The molecule has 7 N–H and O–H groups in total. The van der Waals surface area contributed by atoms with Crippen LogP contribution in [0, 0.1) is 0 Å². The Morgan fingerprint density at radius 2 is 0.662 bits per heavy atom. The number of esters is 2. The van der Waals surface area contributed by atoms with E-state index in [2.05, 4.69) is 13.8 Å². The van der Waals surface area contributed by atoms with Gasteiger partial charge >= 0.3 is 11.9 Å². The van der Waals surface area contributed by atoms with E-state index in [1.807, 2.05) is 0 Å². The Hall–Kier alpha value is -1.50. The minimum atomic E-state index is -1.76. The van der Waals surface area contributed by atoms with Crippen LogP contribution in [0.2, 0.25) is 0 Å². The fraction of sp³-hybridized carbons (Fsp3) is 0.968. The molecular formula is C62H118O15. The lowest BCUT2D eigenvalue weighted by molar-refractivity contribution is -0.332. The highest BCUT2D eigenvalue weighted by Gasteiger charge is 2.47. The molecule has 15 heteroatoms. The maximum Gasteiger partial charge on any atom is 0.306 e. The average Bonchev–Trinajstić information content (AvgIpc) is 3.43. The van der Waals surface area contributed by atoms with Crippen molar-refractivity contribution in [1.82, 2.24) is 0 Å². The zero-order valence-corrected chi connectivity index (χ0v) is 49.0. The lowest BCUT2D eigenvalue weighted by Crippen LogP contribution is -2.61. The fourth-order valence-corrected chi connectivity index (χ4v) is 10.6. The summed E-state index contributed by atoms with van der Waals surface area (Å²) in [5.74, 6) is -0.900. The Morgan fingerprint density at radius 3 is 1.01 bits per heavy atom. The van der Waals surface area contributed by atoms with Crippen molar-refractivity contribution in [2.24, 2.45) is 0 Å². The molecule has 4 unspecified atom stereocenters. The predicted molar refractivity (Wildman–Crippen MR) is 303 cm³/mol. The molecule has 456 valence electrons. The first-order valence-electron chi connectivity index (χ1n) is 32.1. The number of carbonyl (C=O) groups is 2. The van der Waals surface area contributed by atoms with Gasteiger partial charge in [-0.25, -0.2) is 0 Å². The van der Waals surface area contributed by atoms with E-state index in [9.17, 15) is 45.3 Å². The van der Waals surface area contributed by atoms with Crippen LogP contribution in [0.1, 0.15) is 290 Å². The summed E-state index contributed by atoms with van der Waals surface area (Å²) in [6.07, 6.45) is 35.5. The van der Waals surface area contributed by atoms with Crippen LogP contribution < -0.4 is 0 Å². The van der Waals surface area contributed by atoms with Crippen molar-refractivity contribution in [2.75, 3.05) is 26.4 Å². The maximum absolute atomic E-state index is 13.1. The number of aliphatic hydroxyl groups is 7. The van der Waals surface area contributed by atoms with Crippen LogP contribution in [0.25, 0.3) is 0 Å². The Morgan fingerprint density at radius 1 is 0.364 bits per heavy atom. The number of carbonyl (C=O) groups excluding carboxylic acids is 2. The van der Waals surface area contributed by atoms with E-state index < -0.39 is 92.7 Å². The van der Waals surface area contributed by atoms with Gasteiger partial charge in [-0.1, -0.05) is 264 Å². The summed E-state index contributed by atoms with van der Waals surface area (Å²) in [7, 11) is 0. The van der Waals surface area contributed by atoms with Gasteiger partial charge in [-0.15, -0.1) is 0 Å². The Labute approximate surface area is 468 Å². The van der Waals surface area contributed by atoms with Gasteiger partial charge in [0.2, 0.25) is 0 Å². The van der Waals surface area contributed by atoms with E-state index in [0.717, 1.165) is 38.5 Å². The quantitative estimate of drug-likeness (QED) is 0.0222. The van der Waals surface area contributed by atoms with E-state index in [-0.39, 0.29) is 26.1 Å². The van der Waals surface area contributed by atoms with Crippen molar-refractivity contribution in [1.29, 1.82) is 0 Å². The number of rotatable bonds is 53. The molecule has 0 aromatic heterocycles. The molecule has 2 fully saturated rings. The lowest BCUT2D eigenvalue weighted by Gasteiger charge is -2.42. The van der Waals surface area contributed by atoms with E-state index in [1.54, 1.807) is 0 Å². The van der Waals surface area contributed by atoms with Crippen molar-refractivity contribution in [3.8, 4) is 0 Å². The molecule has 77 heavy (non-hydrogen) atoms. The summed E-state index contributed by atoms with van der Waals surface area (Å²) < 4.78 is 33.8. The third-order valence-corrected chi connectivity index (χ3v) is 15.8. The van der Waals surface area contributed by atoms with Gasteiger partial charge in [0.1, 0.15) is 55.4 Å². The minimum Gasteiger partial charge on any atom is -0.462 e. The van der Waals surface area contributed by atoms with Crippen LogP contribution in [-0.2, 0) is 38.0 Å². The van der Waals surface area contributed by atoms with Crippen LogP contribution >= 0.6 is 0 Å². The van der Waals surface area contributed by atoms with Crippen LogP contribution in [0.15, 0.2) is 0 Å². The van der Waals surface area contributed by atoms with Crippen molar-refractivity contribution >= 4 is 11.9 Å². The van der Waals surface area contributed by atoms with E-state index in [0.29, 0.717) is 12.8 Å². The van der Waals surface area contributed by atoms with E-state index in [4.69, 9.17) is 28.4 Å². The molecule has 0 spiro atoms. The van der Waals surface area contributed by atoms with Crippen LogP contribution in [0.4, 0.5) is 0 Å². The van der Waals surface area contributed by atoms with Crippen molar-refractivity contribution in [2.45, 2.75) is 357 Å². The lowest BCUT2D eigenvalue weighted by atomic mass is 9.98. The number of unbranched alkanes of at least 4 members (excludes halogenated alkanes) is 39. The monoisotopic (exact) mass is 1100 g/mol. The third-order valence-electron chi connectivity index (χ3n) is 15.8. The summed E-state index contributed by atoms with van der Waals surface area (Å²) in [4.78, 5) is 26.0. The van der Waals surface area contributed by atoms with Gasteiger partial charge in [-0.3, -0.25) is 9.59 Å². The molecule has 15 nitrogen and oxygen atoms in total. The summed E-state index contributed by atoms with van der Waals surface area (Å²) in [6.45, 7) is 2.68. The highest BCUT2D eigenvalue weighted by atomic mass is 16.7. The summed E-state index contributed by atoms with van der Waals surface area (Å²) in [6, 6.07) is 0. The van der Waals surface area contributed by atoms with Crippen molar-refractivity contribution in [3.05, 3.63) is 0 Å². The SMILES string of the molecule is CCCCCCCCCCCCCCCCCCCCCCCCCC(=O)OC[C@@H](CO[C@@H]1O[C@H](CO[C@@H]2O[C@H](CO)[C@H](O)C(O)C2O)[C@H](O)C(O)C1O)OC(=O)CCCCCCCCCCCCCCCCCCCC. The van der Waals surface area contributed by atoms with E-state index >= 15 is 0 Å². The zero-order valence-electron chi connectivity index (χ0n) is 49.0. The Balaban J connectivity index is 1.69. The van der Waals surface area contributed by atoms with Gasteiger partial charge < -0.3 is 64.2 Å². The number of hydrogen-bond acceptors (Lipinski definition) is 15. The molecule has 0 bridgehead atoms. The number of aliphatic hydroxyl groups excluding tert-OH is 7. The van der Waals surface area contributed by atoms with Gasteiger partial charge in [0.25, 0.3) is 0 Å². The molecule has 2 aliphatic heterocycles. The number of hydrogen-bond donors (Lipinski definition) is 7. The van der Waals surface area contributed by atoms with Crippen LogP contribution in [-0.4, -0.2) is 142 Å². The Bertz CT molecular complexity index is 1340. The summed E-state index contributed by atoms with van der Waals surface area (Å²) >= 11 is 0.